The van der Waals surface area contributed by atoms with Crippen molar-refractivity contribution in [2.75, 3.05) is 77.4 Å². The Hall–Kier alpha value is -3.01. The van der Waals surface area contributed by atoms with Crippen molar-refractivity contribution in [3.63, 3.8) is 0 Å². The number of nitrogens with one attached hydrogen (secondary N) is 4. The van der Waals surface area contributed by atoms with Gasteiger partial charge in [-0.15, -0.1) is 0 Å². The summed E-state index contributed by atoms with van der Waals surface area (Å²) in [5.74, 6) is -3.79. The number of primary amides is 1. The van der Waals surface area contributed by atoms with Crippen LogP contribution in [0.5, 0.6) is 0 Å². The van der Waals surface area contributed by atoms with Gasteiger partial charge in [0.15, 0.2) is 0 Å². The summed E-state index contributed by atoms with van der Waals surface area (Å²) in [6.45, 7) is 2.92. The highest BCUT2D eigenvalue weighted by Crippen LogP contribution is 2.06. The molecular formula is C26H53N9O13S4. The molecule has 22 nitrogen and oxygen atoms in total. The lowest BCUT2D eigenvalue weighted by atomic mass is 10.3. The van der Waals surface area contributed by atoms with E-state index in [-0.39, 0.29) is 13.1 Å². The molecule has 0 spiro atoms. The number of hydrogen-bond acceptors (Lipinski definition) is 13. The first-order valence-electron chi connectivity index (χ1n) is 15.5. The summed E-state index contributed by atoms with van der Waals surface area (Å²) in [5, 5.41) is 9.89. The predicted octanol–water partition coefficient (Wildman–Crippen LogP) is -5.44. The second kappa shape index (κ2) is 20.4. The third-order valence-corrected chi connectivity index (χ3v) is 11.6. The van der Waals surface area contributed by atoms with E-state index in [1.165, 1.54) is 27.7 Å². The van der Waals surface area contributed by atoms with Crippen LogP contribution in [0.4, 0.5) is 0 Å². The van der Waals surface area contributed by atoms with E-state index in [2.05, 4.69) is 21.3 Å². The van der Waals surface area contributed by atoms with Crippen LogP contribution in [0.15, 0.2) is 0 Å². The standard InChI is InChI=1S/C26H53N9O13S4/c1-18(28-22(5)36)10-33(50(7,43)44)15-24(38)30-20(3)12-35(52(9,47)48)17-26(40)31-21(4)13-34(51(8,45)46)16-25(39)29-19(2)11-32(14-23(27)37)49(6,41)42/h18-21H,10-17H2,1-9H3,(H2,27,37)(H,28,36)(H,29,39)(H,30,38)(H,31,40)/t18-,19-,20-,21-/m0/s1. The number of nitrogens with zero attached hydrogens (tertiary/aromatic N) is 4. The molecule has 0 heterocycles. The van der Waals surface area contributed by atoms with Crippen LogP contribution in [-0.2, 0) is 64.1 Å². The lowest BCUT2D eigenvalue weighted by Gasteiger charge is -2.28. The van der Waals surface area contributed by atoms with Gasteiger partial charge in [-0.05, 0) is 27.7 Å². The van der Waals surface area contributed by atoms with Crippen LogP contribution in [0.25, 0.3) is 0 Å². The molecular weight excluding hydrogens is 775 g/mol. The molecule has 52 heavy (non-hydrogen) atoms. The summed E-state index contributed by atoms with van der Waals surface area (Å²) in [6.07, 6.45) is 3.36. The number of amides is 5. The van der Waals surface area contributed by atoms with Crippen molar-refractivity contribution in [1.82, 2.24) is 38.5 Å². The maximum atomic E-state index is 12.9. The fraction of sp³-hybridized carbons (Fsp3) is 0.808. The third-order valence-electron chi connectivity index (χ3n) is 6.75. The fourth-order valence-electron chi connectivity index (χ4n) is 4.64. The van der Waals surface area contributed by atoms with Gasteiger partial charge in [0.05, 0.1) is 51.2 Å². The molecule has 0 aromatic carbocycles. The first-order chi connectivity index (χ1) is 23.3. The van der Waals surface area contributed by atoms with E-state index in [1.54, 1.807) is 6.92 Å². The van der Waals surface area contributed by atoms with E-state index in [0.717, 1.165) is 42.2 Å². The van der Waals surface area contributed by atoms with Gasteiger partial charge in [0.25, 0.3) is 0 Å². The van der Waals surface area contributed by atoms with Crippen LogP contribution in [0.3, 0.4) is 0 Å². The molecule has 26 heteroatoms. The Morgan fingerprint density at radius 1 is 0.462 bits per heavy atom. The van der Waals surface area contributed by atoms with Gasteiger partial charge < -0.3 is 27.0 Å². The number of rotatable bonds is 24. The molecule has 4 atom stereocenters. The van der Waals surface area contributed by atoms with Crippen molar-refractivity contribution in [2.24, 2.45) is 5.73 Å². The van der Waals surface area contributed by atoms with Gasteiger partial charge in [-0.2, -0.15) is 17.2 Å². The summed E-state index contributed by atoms with van der Waals surface area (Å²) in [7, 11) is -15.8. The number of hydrogen-bond donors (Lipinski definition) is 5. The van der Waals surface area contributed by atoms with E-state index >= 15 is 0 Å². The van der Waals surface area contributed by atoms with Crippen molar-refractivity contribution in [2.45, 2.75) is 58.8 Å². The molecule has 0 saturated carbocycles. The van der Waals surface area contributed by atoms with E-state index in [4.69, 9.17) is 5.73 Å². The van der Waals surface area contributed by atoms with Crippen LogP contribution in [0.1, 0.15) is 34.6 Å². The minimum atomic E-state index is -4.05. The molecule has 0 bridgehead atoms. The Bertz CT molecular complexity index is 1720. The molecule has 0 rings (SSSR count). The zero-order chi connectivity index (χ0) is 41.0. The largest absolute Gasteiger partial charge is 0.369 e. The molecule has 0 fully saturated rings. The van der Waals surface area contributed by atoms with Crippen molar-refractivity contribution >= 4 is 69.6 Å². The molecule has 0 aromatic heterocycles. The van der Waals surface area contributed by atoms with Gasteiger partial charge >= 0.3 is 0 Å². The molecule has 5 amide bonds. The van der Waals surface area contributed by atoms with Crippen LogP contribution in [0, 0.1) is 0 Å². The molecule has 0 aliphatic heterocycles. The fourth-order valence-corrected chi connectivity index (χ4v) is 8.03. The summed E-state index contributed by atoms with van der Waals surface area (Å²) < 4.78 is 101. The van der Waals surface area contributed by atoms with Gasteiger partial charge in [-0.25, -0.2) is 33.7 Å². The average molecular weight is 828 g/mol. The van der Waals surface area contributed by atoms with Gasteiger partial charge in [-0.3, -0.25) is 24.0 Å². The Kier molecular flexibility index (Phi) is 19.3. The van der Waals surface area contributed by atoms with Gasteiger partial charge in [0, 0.05) is 57.3 Å². The Balaban J connectivity index is 5.47. The van der Waals surface area contributed by atoms with E-state index in [0.29, 0.717) is 0 Å². The molecule has 6 N–H and O–H groups in total. The van der Waals surface area contributed by atoms with Crippen molar-refractivity contribution in [3.05, 3.63) is 0 Å². The highest BCUT2D eigenvalue weighted by atomic mass is 32.2. The second-order valence-electron chi connectivity index (χ2n) is 12.7. The first-order valence-corrected chi connectivity index (χ1v) is 22.9. The lowest BCUT2D eigenvalue weighted by molar-refractivity contribution is -0.123. The minimum Gasteiger partial charge on any atom is -0.369 e. The molecule has 0 unspecified atom stereocenters. The van der Waals surface area contributed by atoms with E-state index in [1.807, 2.05) is 0 Å². The summed E-state index contributed by atoms with van der Waals surface area (Å²) in [6, 6.07) is -3.36. The van der Waals surface area contributed by atoms with E-state index < -0.39 is 133 Å². The number of carbonyl (C=O) groups excluding carboxylic acids is 5. The first kappa shape index (κ1) is 49.0. The van der Waals surface area contributed by atoms with Gasteiger partial charge in [-0.1, -0.05) is 0 Å². The average Bonchev–Trinajstić information content (AvgIpc) is 2.88. The van der Waals surface area contributed by atoms with Gasteiger partial charge in [0.2, 0.25) is 69.6 Å². The second-order valence-corrected chi connectivity index (χ2v) is 20.6. The molecule has 0 radical (unpaired) electrons. The van der Waals surface area contributed by atoms with Crippen molar-refractivity contribution in [3.8, 4) is 0 Å². The van der Waals surface area contributed by atoms with Crippen LogP contribution in [-0.4, -0.2) is 182 Å². The lowest BCUT2D eigenvalue weighted by Crippen LogP contribution is -2.53. The smallest absolute Gasteiger partial charge is 0.235 e. The monoisotopic (exact) mass is 827 g/mol. The number of carbonyl (C=O) groups is 5. The summed E-state index contributed by atoms with van der Waals surface area (Å²) >= 11 is 0. The molecule has 0 aliphatic carbocycles. The Morgan fingerprint density at radius 3 is 0.865 bits per heavy atom. The van der Waals surface area contributed by atoms with Crippen LogP contribution < -0.4 is 27.0 Å². The summed E-state index contributed by atoms with van der Waals surface area (Å²) in [4.78, 5) is 60.8. The van der Waals surface area contributed by atoms with Gasteiger partial charge in [0.1, 0.15) is 0 Å². The van der Waals surface area contributed by atoms with Crippen LogP contribution in [0.2, 0.25) is 0 Å². The third kappa shape index (κ3) is 20.9. The SMILES string of the molecule is CC(=O)N[C@@H](C)CN(CC(=O)N[C@@H](C)CN(CC(=O)N[C@@H](C)CN(CC(=O)N[C@@H](C)CN(CC(N)=O)S(C)(=O)=O)S(C)(=O)=O)S(C)(=O)=O)S(C)(=O)=O. The maximum absolute atomic E-state index is 12.9. The number of sulfonamides is 4. The van der Waals surface area contributed by atoms with Crippen molar-refractivity contribution in [1.29, 1.82) is 0 Å². The quantitative estimate of drug-likeness (QED) is 0.0608. The zero-order valence-electron chi connectivity index (χ0n) is 30.8. The predicted molar refractivity (Wildman–Crippen MR) is 191 cm³/mol. The maximum Gasteiger partial charge on any atom is 0.235 e. The summed E-state index contributed by atoms with van der Waals surface area (Å²) in [5.41, 5.74) is 5.09. The highest BCUT2D eigenvalue weighted by Gasteiger charge is 2.29. The topological polar surface area (TPSA) is 309 Å². The minimum absolute atomic E-state index is 0.211. The Labute approximate surface area is 306 Å². The molecule has 0 aromatic rings. The zero-order valence-corrected chi connectivity index (χ0v) is 34.0. The van der Waals surface area contributed by atoms with Crippen molar-refractivity contribution < 1.29 is 57.6 Å². The molecule has 0 aliphatic rings. The Morgan fingerprint density at radius 2 is 0.673 bits per heavy atom. The molecule has 0 saturated heterocycles. The number of nitrogens with two attached hydrogens (primary N) is 1. The van der Waals surface area contributed by atoms with E-state index in [9.17, 15) is 57.6 Å². The van der Waals surface area contributed by atoms with Crippen LogP contribution >= 0.6 is 0 Å². The highest BCUT2D eigenvalue weighted by molar-refractivity contribution is 7.89. The molecule has 304 valence electrons. The normalized spacial score (nSPS) is 15.2.